The van der Waals surface area contributed by atoms with Crippen LogP contribution < -0.4 is 0 Å². The average molecular weight is 251 g/mol. The second-order valence-corrected chi connectivity index (χ2v) is 5.39. The van der Waals surface area contributed by atoms with Crippen LogP contribution in [0.2, 0.25) is 0 Å². The van der Waals surface area contributed by atoms with Gasteiger partial charge in [0.15, 0.2) is 0 Å². The smallest absolute Gasteiger partial charge is 0.338 e. The summed E-state index contributed by atoms with van der Waals surface area (Å²) in [5, 5.41) is 9.90. The van der Waals surface area contributed by atoms with Crippen LogP contribution in [-0.4, -0.2) is 21.8 Å². The number of thioether (sulfide) groups is 1. The van der Waals surface area contributed by atoms with E-state index in [1.54, 1.807) is 11.8 Å². The summed E-state index contributed by atoms with van der Waals surface area (Å²) in [4.78, 5) is 15.7. The number of hydrogen-bond donors (Lipinski definition) is 1. The van der Waals surface area contributed by atoms with Gasteiger partial charge < -0.3 is 5.11 Å². The van der Waals surface area contributed by atoms with Crippen LogP contribution in [0.1, 0.15) is 47.8 Å². The fourth-order valence-corrected chi connectivity index (χ4v) is 3.13. The molecule has 0 radical (unpaired) electrons. The quantitative estimate of drug-likeness (QED) is 0.645. The Kier molecular flexibility index (Phi) is 4.05. The summed E-state index contributed by atoms with van der Waals surface area (Å²) < 4.78 is 0. The van der Waals surface area contributed by atoms with Crippen molar-refractivity contribution < 1.29 is 9.90 Å². The first-order chi connectivity index (χ1) is 8.22. The molecule has 0 fully saturated rings. The van der Waals surface area contributed by atoms with Gasteiger partial charge in [-0.2, -0.15) is 0 Å². The zero-order valence-electron chi connectivity index (χ0n) is 10.0. The van der Waals surface area contributed by atoms with Crippen LogP contribution in [0, 0.1) is 0 Å². The Morgan fingerprint density at radius 1 is 1.53 bits per heavy atom. The molecule has 1 heterocycles. The van der Waals surface area contributed by atoms with Gasteiger partial charge in [0.2, 0.25) is 0 Å². The molecule has 2 rings (SSSR count). The first-order valence-corrected chi connectivity index (χ1v) is 7.09. The van der Waals surface area contributed by atoms with Crippen LogP contribution in [-0.2, 0) is 12.8 Å². The molecule has 3 nitrogen and oxygen atoms in total. The summed E-state index contributed by atoms with van der Waals surface area (Å²) in [6.45, 7) is 2.13. The Hall–Kier alpha value is -1.03. The Bertz CT molecular complexity index is 432. The van der Waals surface area contributed by atoms with Crippen LogP contribution in [0.25, 0.3) is 0 Å². The van der Waals surface area contributed by atoms with Gasteiger partial charge in [-0.25, -0.2) is 9.78 Å². The van der Waals surface area contributed by atoms with Gasteiger partial charge in [0.1, 0.15) is 5.03 Å². The highest BCUT2D eigenvalue weighted by atomic mass is 32.2. The molecule has 0 spiro atoms. The van der Waals surface area contributed by atoms with Gasteiger partial charge in [-0.15, -0.1) is 11.8 Å². The van der Waals surface area contributed by atoms with E-state index in [4.69, 9.17) is 0 Å². The number of hydrogen-bond acceptors (Lipinski definition) is 3. The fraction of sp³-hybridized carbons (Fsp3) is 0.538. The topological polar surface area (TPSA) is 50.2 Å². The van der Waals surface area contributed by atoms with Crippen LogP contribution >= 0.6 is 11.8 Å². The molecule has 0 saturated carbocycles. The molecule has 1 aromatic rings. The molecule has 1 N–H and O–H groups in total. The number of aromatic carboxylic acids is 1. The molecule has 1 aliphatic carbocycles. The molecule has 0 aromatic carbocycles. The van der Waals surface area contributed by atoms with E-state index in [1.807, 2.05) is 6.07 Å². The number of aryl methyl sites for hydroxylation is 2. The van der Waals surface area contributed by atoms with Crippen molar-refractivity contribution in [3.05, 3.63) is 22.9 Å². The van der Waals surface area contributed by atoms with Gasteiger partial charge in [0.25, 0.3) is 0 Å². The molecule has 0 atom stereocenters. The molecule has 0 bridgehead atoms. The zero-order valence-corrected chi connectivity index (χ0v) is 10.8. The average Bonchev–Trinajstić information content (AvgIpc) is 2.75. The van der Waals surface area contributed by atoms with Crippen molar-refractivity contribution in [2.24, 2.45) is 0 Å². The molecule has 92 valence electrons. The van der Waals surface area contributed by atoms with Gasteiger partial charge >= 0.3 is 5.97 Å². The first kappa shape index (κ1) is 12.4. The summed E-state index contributed by atoms with van der Waals surface area (Å²) >= 11 is 1.57. The molecule has 0 unspecified atom stereocenters. The Morgan fingerprint density at radius 2 is 2.35 bits per heavy atom. The van der Waals surface area contributed by atoms with E-state index in [1.165, 1.54) is 0 Å². The van der Waals surface area contributed by atoms with Crippen LogP contribution in [0.4, 0.5) is 0 Å². The Morgan fingerprint density at radius 3 is 3.06 bits per heavy atom. The normalized spacial score (nSPS) is 13.7. The van der Waals surface area contributed by atoms with Crippen molar-refractivity contribution in [2.45, 2.75) is 44.1 Å². The molecule has 1 aliphatic rings. The number of rotatable bonds is 5. The summed E-state index contributed by atoms with van der Waals surface area (Å²) in [6, 6.07) is 1.83. The molecular formula is C13H17NO2S. The summed E-state index contributed by atoms with van der Waals surface area (Å²) in [5.41, 5.74) is 2.61. The largest absolute Gasteiger partial charge is 0.478 e. The third-order valence-electron chi connectivity index (χ3n) is 2.98. The first-order valence-electron chi connectivity index (χ1n) is 6.11. The number of carbonyl (C=O) groups is 1. The molecule has 1 aromatic heterocycles. The number of carboxylic acid groups (broad SMARTS) is 1. The number of carboxylic acids is 1. The molecule has 0 amide bonds. The standard InChI is InChI=1S/C13H17NO2S/c1-2-3-7-17-12-10(13(15)16)8-9-5-4-6-11(9)14-12/h8H,2-7H2,1H3,(H,15,16). The fourth-order valence-electron chi connectivity index (χ4n) is 2.03. The highest BCUT2D eigenvalue weighted by Crippen LogP contribution is 2.28. The van der Waals surface area contributed by atoms with Crippen molar-refractivity contribution in [3.8, 4) is 0 Å². The highest BCUT2D eigenvalue weighted by Gasteiger charge is 2.19. The minimum absolute atomic E-state index is 0.381. The van der Waals surface area contributed by atoms with Crippen LogP contribution in [0.15, 0.2) is 11.1 Å². The number of unbranched alkanes of at least 4 members (excludes halogenated alkanes) is 1. The monoisotopic (exact) mass is 251 g/mol. The van der Waals surface area contributed by atoms with E-state index >= 15 is 0 Å². The molecule has 4 heteroatoms. The third kappa shape index (κ3) is 2.80. The maximum Gasteiger partial charge on any atom is 0.338 e. The van der Waals surface area contributed by atoms with Gasteiger partial charge in [0.05, 0.1) is 5.56 Å². The molecule has 17 heavy (non-hydrogen) atoms. The SMILES string of the molecule is CCCCSc1nc2c(cc1C(=O)O)CCC2. The predicted molar refractivity (Wildman–Crippen MR) is 68.9 cm³/mol. The predicted octanol–water partition coefficient (Wildman–Crippen LogP) is 3.16. The van der Waals surface area contributed by atoms with Gasteiger partial charge in [-0.05, 0) is 43.1 Å². The lowest BCUT2D eigenvalue weighted by Crippen LogP contribution is -2.04. The number of aromatic nitrogens is 1. The minimum atomic E-state index is -0.855. The minimum Gasteiger partial charge on any atom is -0.478 e. The second-order valence-electron chi connectivity index (χ2n) is 4.31. The molecular weight excluding hydrogens is 234 g/mol. The van der Waals surface area contributed by atoms with E-state index in [-0.39, 0.29) is 0 Å². The van der Waals surface area contributed by atoms with E-state index in [9.17, 15) is 9.90 Å². The van der Waals surface area contributed by atoms with Crippen molar-refractivity contribution >= 4 is 17.7 Å². The maximum absolute atomic E-state index is 11.2. The maximum atomic E-state index is 11.2. The lowest BCUT2D eigenvalue weighted by Gasteiger charge is -2.07. The number of pyridine rings is 1. The van der Waals surface area contributed by atoms with Crippen LogP contribution in [0.3, 0.4) is 0 Å². The lowest BCUT2D eigenvalue weighted by atomic mass is 10.1. The van der Waals surface area contributed by atoms with E-state index in [0.717, 1.165) is 49.1 Å². The Balaban J connectivity index is 2.25. The van der Waals surface area contributed by atoms with Crippen LogP contribution in [0.5, 0.6) is 0 Å². The van der Waals surface area contributed by atoms with E-state index in [2.05, 4.69) is 11.9 Å². The zero-order chi connectivity index (χ0) is 12.3. The van der Waals surface area contributed by atoms with Gasteiger partial charge in [0, 0.05) is 5.69 Å². The number of nitrogens with zero attached hydrogens (tertiary/aromatic N) is 1. The molecule has 0 aliphatic heterocycles. The Labute approximate surface area is 106 Å². The van der Waals surface area contributed by atoms with Gasteiger partial charge in [-0.3, -0.25) is 0 Å². The summed E-state index contributed by atoms with van der Waals surface area (Å²) in [7, 11) is 0. The summed E-state index contributed by atoms with van der Waals surface area (Å²) in [6.07, 6.45) is 5.30. The third-order valence-corrected chi connectivity index (χ3v) is 4.06. The highest BCUT2D eigenvalue weighted by molar-refractivity contribution is 7.99. The van der Waals surface area contributed by atoms with Gasteiger partial charge in [-0.1, -0.05) is 13.3 Å². The van der Waals surface area contributed by atoms with Crippen molar-refractivity contribution in [1.82, 2.24) is 4.98 Å². The van der Waals surface area contributed by atoms with E-state index < -0.39 is 5.97 Å². The van der Waals surface area contributed by atoms with Crippen molar-refractivity contribution in [3.63, 3.8) is 0 Å². The van der Waals surface area contributed by atoms with Crippen molar-refractivity contribution in [1.29, 1.82) is 0 Å². The van der Waals surface area contributed by atoms with E-state index in [0.29, 0.717) is 10.6 Å². The lowest BCUT2D eigenvalue weighted by molar-refractivity contribution is 0.0692. The number of fused-ring (bicyclic) bond motifs is 1. The summed E-state index contributed by atoms with van der Waals surface area (Å²) in [5.74, 6) is 0.0916. The second kappa shape index (κ2) is 5.54. The molecule has 0 saturated heterocycles. The van der Waals surface area contributed by atoms with Crippen molar-refractivity contribution in [2.75, 3.05) is 5.75 Å².